The Kier molecular flexibility index (Phi) is 4.94. The molecular weight excluding hydrogens is 384 g/mol. The van der Waals surface area contributed by atoms with Crippen molar-refractivity contribution in [1.29, 1.82) is 0 Å². The minimum atomic E-state index is -0.0243. The molecule has 2 heterocycles. The third kappa shape index (κ3) is 3.46. The summed E-state index contributed by atoms with van der Waals surface area (Å²) < 4.78 is 1.76. The van der Waals surface area contributed by atoms with Crippen LogP contribution >= 0.6 is 0 Å². The van der Waals surface area contributed by atoms with Gasteiger partial charge in [-0.25, -0.2) is 9.55 Å². The lowest BCUT2D eigenvalue weighted by atomic mass is 10.1. The molecule has 1 aliphatic heterocycles. The van der Waals surface area contributed by atoms with Gasteiger partial charge >= 0.3 is 0 Å². The van der Waals surface area contributed by atoms with Gasteiger partial charge in [-0.15, -0.1) is 0 Å². The van der Waals surface area contributed by atoms with Gasteiger partial charge < -0.3 is 9.80 Å². The van der Waals surface area contributed by atoms with Gasteiger partial charge in [0.15, 0.2) is 0 Å². The second kappa shape index (κ2) is 7.91. The first-order valence-electron chi connectivity index (χ1n) is 10.8. The van der Waals surface area contributed by atoms with Crippen LogP contribution in [-0.2, 0) is 0 Å². The van der Waals surface area contributed by atoms with Crippen molar-refractivity contribution < 1.29 is 0 Å². The van der Waals surface area contributed by atoms with Gasteiger partial charge in [0, 0.05) is 31.9 Å². The van der Waals surface area contributed by atoms with E-state index in [-0.39, 0.29) is 5.56 Å². The molecule has 5 heteroatoms. The molecular formula is C26H26N4O. The quantitative estimate of drug-likeness (QED) is 0.504. The third-order valence-corrected chi connectivity index (χ3v) is 6.25. The second-order valence-corrected chi connectivity index (χ2v) is 8.10. The Morgan fingerprint density at radius 2 is 1.42 bits per heavy atom. The number of hydrogen-bond donors (Lipinski definition) is 0. The maximum Gasteiger partial charge on any atom is 0.267 e. The molecule has 0 bridgehead atoms. The van der Waals surface area contributed by atoms with Gasteiger partial charge in [0.25, 0.3) is 5.56 Å². The lowest BCUT2D eigenvalue weighted by Crippen LogP contribution is -2.48. The van der Waals surface area contributed by atoms with Gasteiger partial charge in [0.2, 0.25) is 5.95 Å². The first-order valence-corrected chi connectivity index (χ1v) is 10.8. The van der Waals surface area contributed by atoms with Crippen molar-refractivity contribution in [1.82, 2.24) is 9.55 Å². The minimum absolute atomic E-state index is 0.0243. The van der Waals surface area contributed by atoms with Crippen LogP contribution in [0.15, 0.2) is 77.6 Å². The van der Waals surface area contributed by atoms with Crippen molar-refractivity contribution in [3.8, 4) is 5.69 Å². The number of rotatable bonds is 3. The summed E-state index contributed by atoms with van der Waals surface area (Å²) in [7, 11) is 0. The largest absolute Gasteiger partial charge is 0.368 e. The van der Waals surface area contributed by atoms with Crippen molar-refractivity contribution in [3.63, 3.8) is 0 Å². The predicted molar refractivity (Wildman–Crippen MR) is 128 cm³/mol. The highest BCUT2D eigenvalue weighted by Gasteiger charge is 2.24. The number of aromatic nitrogens is 2. The van der Waals surface area contributed by atoms with Crippen LogP contribution < -0.4 is 15.4 Å². The van der Waals surface area contributed by atoms with Gasteiger partial charge in [-0.05, 0) is 55.3 Å². The van der Waals surface area contributed by atoms with Crippen LogP contribution in [0.25, 0.3) is 16.6 Å². The van der Waals surface area contributed by atoms with E-state index in [1.807, 2.05) is 54.6 Å². The summed E-state index contributed by atoms with van der Waals surface area (Å²) in [5.74, 6) is 0.718. The fourth-order valence-electron chi connectivity index (χ4n) is 4.37. The standard InChI is InChI=1S/C26H26N4O/c1-19-9-8-14-24(20(19)2)28-15-17-29(18-16-28)26-27-23-13-7-6-12-22(23)25(31)30(26)21-10-4-3-5-11-21/h3-14H,15-18H2,1-2H3. The summed E-state index contributed by atoms with van der Waals surface area (Å²) >= 11 is 0. The van der Waals surface area contributed by atoms with E-state index in [2.05, 4.69) is 41.8 Å². The number of anilines is 2. The lowest BCUT2D eigenvalue weighted by Gasteiger charge is -2.38. The van der Waals surface area contributed by atoms with Gasteiger partial charge in [-0.3, -0.25) is 4.79 Å². The molecule has 5 nitrogen and oxygen atoms in total. The van der Waals surface area contributed by atoms with E-state index in [9.17, 15) is 4.79 Å². The predicted octanol–water partition coefficient (Wildman–Crippen LogP) is 4.33. The average molecular weight is 411 g/mol. The highest BCUT2D eigenvalue weighted by atomic mass is 16.1. The van der Waals surface area contributed by atoms with Crippen LogP contribution in [0.4, 0.5) is 11.6 Å². The fraction of sp³-hybridized carbons (Fsp3) is 0.231. The molecule has 31 heavy (non-hydrogen) atoms. The van der Waals surface area contributed by atoms with Crippen LogP contribution in [0, 0.1) is 13.8 Å². The van der Waals surface area contributed by atoms with Crippen molar-refractivity contribution in [3.05, 3.63) is 94.3 Å². The first kappa shape index (κ1) is 19.4. The summed E-state index contributed by atoms with van der Waals surface area (Å²) in [6, 6.07) is 23.9. The molecule has 4 aromatic rings. The van der Waals surface area contributed by atoms with Crippen LogP contribution in [0.1, 0.15) is 11.1 Å². The Bertz CT molecular complexity index is 1290. The number of fused-ring (bicyclic) bond motifs is 1. The monoisotopic (exact) mass is 410 g/mol. The molecule has 0 radical (unpaired) electrons. The number of benzene rings is 3. The Morgan fingerprint density at radius 1 is 0.742 bits per heavy atom. The molecule has 3 aromatic carbocycles. The highest BCUT2D eigenvalue weighted by Crippen LogP contribution is 2.26. The van der Waals surface area contributed by atoms with Crippen LogP contribution in [-0.4, -0.2) is 35.7 Å². The summed E-state index contributed by atoms with van der Waals surface area (Å²) in [5.41, 5.74) is 5.51. The zero-order chi connectivity index (χ0) is 21.4. The molecule has 1 aromatic heterocycles. The number of piperazine rings is 1. The van der Waals surface area contributed by atoms with Crippen molar-refractivity contribution >= 4 is 22.5 Å². The average Bonchev–Trinajstić information content (AvgIpc) is 2.81. The first-order chi connectivity index (χ1) is 15.1. The van der Waals surface area contributed by atoms with Crippen LogP contribution in [0.3, 0.4) is 0 Å². The maximum absolute atomic E-state index is 13.4. The topological polar surface area (TPSA) is 41.4 Å². The van der Waals surface area contributed by atoms with Crippen molar-refractivity contribution in [2.24, 2.45) is 0 Å². The zero-order valence-corrected chi connectivity index (χ0v) is 18.0. The van der Waals surface area contributed by atoms with Crippen molar-refractivity contribution in [2.45, 2.75) is 13.8 Å². The molecule has 0 atom stereocenters. The number of hydrogen-bond acceptors (Lipinski definition) is 4. The molecule has 0 amide bonds. The molecule has 156 valence electrons. The third-order valence-electron chi connectivity index (χ3n) is 6.25. The highest BCUT2D eigenvalue weighted by molar-refractivity contribution is 5.79. The Labute approximate surface area is 182 Å². The number of para-hydroxylation sites is 2. The summed E-state index contributed by atoms with van der Waals surface area (Å²) in [4.78, 5) is 23.1. The van der Waals surface area contributed by atoms with Crippen LogP contribution in [0.5, 0.6) is 0 Å². The Morgan fingerprint density at radius 3 is 2.19 bits per heavy atom. The van der Waals surface area contributed by atoms with E-state index in [0.29, 0.717) is 5.39 Å². The molecule has 5 rings (SSSR count). The number of nitrogens with zero attached hydrogens (tertiary/aromatic N) is 4. The van der Waals surface area contributed by atoms with E-state index in [0.717, 1.165) is 43.3 Å². The Balaban J connectivity index is 1.54. The lowest BCUT2D eigenvalue weighted by molar-refractivity contribution is 0.631. The molecule has 0 saturated carbocycles. The number of aryl methyl sites for hydroxylation is 1. The molecule has 0 spiro atoms. The van der Waals surface area contributed by atoms with Crippen molar-refractivity contribution in [2.75, 3.05) is 36.0 Å². The van der Waals surface area contributed by atoms with E-state index < -0.39 is 0 Å². The van der Waals surface area contributed by atoms with E-state index in [1.54, 1.807) is 4.57 Å². The molecule has 1 saturated heterocycles. The molecule has 0 aliphatic carbocycles. The van der Waals surface area contributed by atoms with Gasteiger partial charge in [0.05, 0.1) is 16.6 Å². The van der Waals surface area contributed by atoms with E-state index >= 15 is 0 Å². The molecule has 0 N–H and O–H groups in total. The summed E-state index contributed by atoms with van der Waals surface area (Å²) in [6.07, 6.45) is 0. The summed E-state index contributed by atoms with van der Waals surface area (Å²) in [5, 5.41) is 0.643. The Hall–Kier alpha value is -3.60. The molecule has 0 unspecified atom stereocenters. The SMILES string of the molecule is Cc1cccc(N2CCN(c3nc4ccccc4c(=O)n3-c3ccccc3)CC2)c1C. The molecule has 1 aliphatic rings. The van der Waals surface area contributed by atoms with Gasteiger partial charge in [0.1, 0.15) is 0 Å². The maximum atomic E-state index is 13.4. The van der Waals surface area contributed by atoms with Gasteiger partial charge in [-0.1, -0.05) is 42.5 Å². The minimum Gasteiger partial charge on any atom is -0.368 e. The van der Waals surface area contributed by atoms with E-state index in [1.165, 1.54) is 16.8 Å². The normalized spacial score (nSPS) is 14.3. The molecule has 1 fully saturated rings. The van der Waals surface area contributed by atoms with Gasteiger partial charge in [-0.2, -0.15) is 0 Å². The van der Waals surface area contributed by atoms with E-state index in [4.69, 9.17) is 4.98 Å². The smallest absolute Gasteiger partial charge is 0.267 e. The van der Waals surface area contributed by atoms with Crippen LogP contribution in [0.2, 0.25) is 0 Å². The summed E-state index contributed by atoms with van der Waals surface area (Å²) in [6.45, 7) is 7.75. The zero-order valence-electron chi connectivity index (χ0n) is 18.0. The fourth-order valence-corrected chi connectivity index (χ4v) is 4.37. The second-order valence-electron chi connectivity index (χ2n) is 8.10.